The molecule has 0 bridgehead atoms. The molecule has 0 atom stereocenters. The van der Waals surface area contributed by atoms with E-state index >= 15 is 0 Å². The molecule has 0 aliphatic carbocycles. The average molecular weight is 690 g/mol. The third-order valence-corrected chi connectivity index (χ3v) is 9.74. The van der Waals surface area contributed by atoms with Crippen molar-refractivity contribution in [1.82, 2.24) is 15.0 Å². The predicted molar refractivity (Wildman–Crippen MR) is 223 cm³/mol. The summed E-state index contributed by atoms with van der Waals surface area (Å²) in [6.07, 6.45) is 0. The number of hydrogen-bond acceptors (Lipinski definition) is 3. The van der Waals surface area contributed by atoms with Gasteiger partial charge in [-0.05, 0) is 79.9 Å². The van der Waals surface area contributed by atoms with Crippen molar-refractivity contribution in [3.63, 3.8) is 0 Å². The van der Waals surface area contributed by atoms with Crippen molar-refractivity contribution in [3.8, 4) is 89.8 Å². The van der Waals surface area contributed by atoms with Crippen molar-refractivity contribution in [3.05, 3.63) is 212 Å². The van der Waals surface area contributed by atoms with Gasteiger partial charge in [0.1, 0.15) is 0 Å². The van der Waals surface area contributed by atoms with Crippen LogP contribution in [0.3, 0.4) is 0 Å². The Labute approximate surface area is 316 Å². The first-order valence-corrected chi connectivity index (χ1v) is 18.2. The average Bonchev–Trinajstić information content (AvgIpc) is 3.27. The fraction of sp³-hybridized carbons (Fsp3) is 0. The lowest BCUT2D eigenvalue weighted by atomic mass is 9.92. The standard InChI is InChI=1S/C51H35N3/c1-5-14-36(15-6-1)38-24-26-39(27-25-38)40-28-30-41(31-29-40)47-33-46(37-16-7-2-8-17-37)34-48(35-47)44-22-13-23-45(32-44)51-53-49(42-18-9-3-10-19-42)52-50(54-51)43-20-11-4-12-21-43/h1-35H. The summed E-state index contributed by atoms with van der Waals surface area (Å²) in [5.74, 6) is 1.93. The highest BCUT2D eigenvalue weighted by Crippen LogP contribution is 2.36. The third-order valence-electron chi connectivity index (χ3n) is 9.74. The zero-order valence-electron chi connectivity index (χ0n) is 29.5. The van der Waals surface area contributed by atoms with Crippen LogP contribution in [0.2, 0.25) is 0 Å². The Balaban J connectivity index is 1.09. The molecule has 3 heteroatoms. The monoisotopic (exact) mass is 689 g/mol. The Morgan fingerprint density at radius 3 is 0.815 bits per heavy atom. The van der Waals surface area contributed by atoms with Crippen LogP contribution in [0.5, 0.6) is 0 Å². The topological polar surface area (TPSA) is 38.7 Å². The fourth-order valence-electron chi connectivity index (χ4n) is 6.87. The van der Waals surface area contributed by atoms with Gasteiger partial charge in [0.25, 0.3) is 0 Å². The van der Waals surface area contributed by atoms with Gasteiger partial charge in [0, 0.05) is 16.7 Å². The molecule has 0 aliphatic heterocycles. The molecular weight excluding hydrogens is 655 g/mol. The lowest BCUT2D eigenvalue weighted by Crippen LogP contribution is -2.00. The maximum atomic E-state index is 5.00. The molecule has 1 heterocycles. The summed E-state index contributed by atoms with van der Waals surface area (Å²) in [5, 5.41) is 0. The van der Waals surface area contributed by atoms with Crippen LogP contribution in [-0.4, -0.2) is 15.0 Å². The minimum Gasteiger partial charge on any atom is -0.208 e. The zero-order valence-corrected chi connectivity index (χ0v) is 29.5. The SMILES string of the molecule is c1ccc(-c2ccc(-c3ccc(-c4cc(-c5ccccc5)cc(-c5cccc(-c6nc(-c7ccccc7)nc(-c7ccccc7)n6)c5)c4)cc3)cc2)cc1. The van der Waals surface area contributed by atoms with Gasteiger partial charge in [0.05, 0.1) is 0 Å². The molecule has 8 aromatic carbocycles. The maximum absolute atomic E-state index is 5.00. The summed E-state index contributed by atoms with van der Waals surface area (Å²) in [4.78, 5) is 14.9. The Morgan fingerprint density at radius 1 is 0.167 bits per heavy atom. The Kier molecular flexibility index (Phi) is 8.94. The molecule has 0 spiro atoms. The van der Waals surface area contributed by atoms with Gasteiger partial charge in [-0.15, -0.1) is 0 Å². The predicted octanol–water partition coefficient (Wildman–Crippen LogP) is 13.2. The van der Waals surface area contributed by atoms with Crippen molar-refractivity contribution < 1.29 is 0 Å². The zero-order chi connectivity index (χ0) is 36.1. The van der Waals surface area contributed by atoms with Gasteiger partial charge >= 0.3 is 0 Å². The first-order valence-electron chi connectivity index (χ1n) is 18.2. The largest absolute Gasteiger partial charge is 0.208 e. The highest BCUT2D eigenvalue weighted by Gasteiger charge is 2.14. The smallest absolute Gasteiger partial charge is 0.164 e. The molecule has 254 valence electrons. The van der Waals surface area contributed by atoms with Crippen molar-refractivity contribution in [2.75, 3.05) is 0 Å². The van der Waals surface area contributed by atoms with Crippen molar-refractivity contribution >= 4 is 0 Å². The number of rotatable bonds is 8. The summed E-state index contributed by atoms with van der Waals surface area (Å²) in [6.45, 7) is 0. The number of benzene rings is 8. The molecule has 0 unspecified atom stereocenters. The van der Waals surface area contributed by atoms with E-state index < -0.39 is 0 Å². The van der Waals surface area contributed by atoms with Gasteiger partial charge in [0.15, 0.2) is 17.5 Å². The van der Waals surface area contributed by atoms with Gasteiger partial charge in [0.2, 0.25) is 0 Å². The molecule has 1 aromatic heterocycles. The molecule has 54 heavy (non-hydrogen) atoms. The number of hydrogen-bond donors (Lipinski definition) is 0. The van der Waals surface area contributed by atoms with E-state index in [0.717, 1.165) is 44.5 Å². The van der Waals surface area contributed by atoms with Gasteiger partial charge in [-0.25, -0.2) is 15.0 Å². The first-order chi connectivity index (χ1) is 26.7. The molecule has 9 aromatic rings. The molecule has 0 fully saturated rings. The number of nitrogens with zero attached hydrogens (tertiary/aromatic N) is 3. The van der Waals surface area contributed by atoms with Crippen LogP contribution in [0.1, 0.15) is 0 Å². The second-order valence-corrected chi connectivity index (χ2v) is 13.3. The lowest BCUT2D eigenvalue weighted by molar-refractivity contribution is 1.07. The quantitative estimate of drug-likeness (QED) is 0.159. The molecule has 0 N–H and O–H groups in total. The molecule has 0 aliphatic rings. The van der Waals surface area contributed by atoms with Crippen LogP contribution in [0.4, 0.5) is 0 Å². The van der Waals surface area contributed by atoms with Gasteiger partial charge < -0.3 is 0 Å². The van der Waals surface area contributed by atoms with Crippen LogP contribution < -0.4 is 0 Å². The van der Waals surface area contributed by atoms with Crippen LogP contribution in [-0.2, 0) is 0 Å². The Hall–Kier alpha value is -7.23. The van der Waals surface area contributed by atoms with E-state index in [-0.39, 0.29) is 0 Å². The summed E-state index contributed by atoms with van der Waals surface area (Å²) >= 11 is 0. The van der Waals surface area contributed by atoms with Gasteiger partial charge in [-0.1, -0.05) is 188 Å². The van der Waals surface area contributed by atoms with E-state index in [1.54, 1.807) is 0 Å². The molecule has 3 nitrogen and oxygen atoms in total. The first kappa shape index (κ1) is 32.7. The fourth-order valence-corrected chi connectivity index (χ4v) is 6.87. The van der Waals surface area contributed by atoms with Crippen LogP contribution >= 0.6 is 0 Å². The van der Waals surface area contributed by atoms with E-state index in [0.29, 0.717) is 17.5 Å². The minimum atomic E-state index is 0.636. The highest BCUT2D eigenvalue weighted by molar-refractivity contribution is 5.83. The summed E-state index contributed by atoms with van der Waals surface area (Å²) in [6, 6.07) is 74.4. The molecule has 0 radical (unpaired) electrons. The van der Waals surface area contributed by atoms with Crippen LogP contribution in [0.15, 0.2) is 212 Å². The summed E-state index contributed by atoms with van der Waals surface area (Å²) in [5.41, 5.74) is 14.5. The van der Waals surface area contributed by atoms with Gasteiger partial charge in [-0.3, -0.25) is 0 Å². The minimum absolute atomic E-state index is 0.636. The van der Waals surface area contributed by atoms with Gasteiger partial charge in [-0.2, -0.15) is 0 Å². The highest BCUT2D eigenvalue weighted by atomic mass is 15.0. The molecule has 0 saturated carbocycles. The van der Waals surface area contributed by atoms with E-state index in [1.807, 2.05) is 60.7 Å². The van der Waals surface area contributed by atoms with Crippen LogP contribution in [0.25, 0.3) is 89.8 Å². The van der Waals surface area contributed by atoms with E-state index in [1.165, 1.54) is 27.8 Å². The summed E-state index contributed by atoms with van der Waals surface area (Å²) < 4.78 is 0. The molecule has 0 amide bonds. The number of aromatic nitrogens is 3. The van der Waals surface area contributed by atoms with E-state index in [9.17, 15) is 0 Å². The second-order valence-electron chi connectivity index (χ2n) is 13.3. The Bertz CT molecular complexity index is 2600. The van der Waals surface area contributed by atoms with E-state index in [2.05, 4.69) is 152 Å². The maximum Gasteiger partial charge on any atom is 0.164 e. The van der Waals surface area contributed by atoms with E-state index in [4.69, 9.17) is 15.0 Å². The van der Waals surface area contributed by atoms with Crippen molar-refractivity contribution in [2.45, 2.75) is 0 Å². The normalized spacial score (nSPS) is 11.0. The lowest BCUT2D eigenvalue weighted by Gasteiger charge is -2.13. The molecule has 0 saturated heterocycles. The molecular formula is C51H35N3. The Morgan fingerprint density at radius 2 is 0.407 bits per heavy atom. The second kappa shape index (κ2) is 14.8. The van der Waals surface area contributed by atoms with Crippen molar-refractivity contribution in [2.24, 2.45) is 0 Å². The van der Waals surface area contributed by atoms with Crippen LogP contribution in [0, 0.1) is 0 Å². The third kappa shape index (κ3) is 6.99. The van der Waals surface area contributed by atoms with Crippen molar-refractivity contribution in [1.29, 1.82) is 0 Å². The molecule has 9 rings (SSSR count). The summed E-state index contributed by atoms with van der Waals surface area (Å²) in [7, 11) is 0.